The Morgan fingerprint density at radius 3 is 2.57 bits per heavy atom. The first-order valence-electron chi connectivity index (χ1n) is 6.62. The molecule has 112 valence electrons. The van der Waals surface area contributed by atoms with Gasteiger partial charge in [-0.2, -0.15) is 5.26 Å². The summed E-state index contributed by atoms with van der Waals surface area (Å²) >= 11 is 0. The molecule has 1 aromatic rings. The lowest BCUT2D eigenvalue weighted by Crippen LogP contribution is -2.46. The fourth-order valence-electron chi connectivity index (χ4n) is 1.67. The van der Waals surface area contributed by atoms with Crippen molar-refractivity contribution in [1.82, 2.24) is 10.6 Å². The van der Waals surface area contributed by atoms with Crippen molar-refractivity contribution in [2.75, 3.05) is 20.3 Å². The van der Waals surface area contributed by atoms with Crippen LogP contribution in [0.25, 0.3) is 0 Å². The Balaban J connectivity index is 2.41. The second kappa shape index (κ2) is 8.72. The maximum atomic E-state index is 11.8. The summed E-state index contributed by atoms with van der Waals surface area (Å²) < 4.78 is 4.83. The first-order chi connectivity index (χ1) is 10.1. The average molecular weight is 289 g/mol. The maximum Gasteiger partial charge on any atom is 0.242 e. The molecule has 0 radical (unpaired) electrons. The zero-order valence-corrected chi connectivity index (χ0v) is 12.2. The van der Waals surface area contributed by atoms with E-state index in [1.54, 1.807) is 38.3 Å². The largest absolute Gasteiger partial charge is 0.383 e. The van der Waals surface area contributed by atoms with E-state index < -0.39 is 6.04 Å². The SMILES string of the molecule is COCCNC(=O)C(C)NC(=O)Cc1ccc(C#N)cc1. The first kappa shape index (κ1) is 16.7. The van der Waals surface area contributed by atoms with E-state index in [4.69, 9.17) is 10.00 Å². The number of carbonyl (C=O) groups excluding carboxylic acids is 2. The van der Waals surface area contributed by atoms with E-state index in [0.717, 1.165) is 5.56 Å². The standard InChI is InChI=1S/C15H19N3O3/c1-11(15(20)17-7-8-21-2)18-14(19)9-12-3-5-13(10-16)6-4-12/h3-6,11H,7-9H2,1-2H3,(H,17,20)(H,18,19). The molecule has 0 aliphatic rings. The molecule has 0 spiro atoms. The normalized spacial score (nSPS) is 11.3. The molecule has 0 bridgehead atoms. The number of benzene rings is 1. The van der Waals surface area contributed by atoms with Crippen LogP contribution in [0, 0.1) is 11.3 Å². The van der Waals surface area contributed by atoms with Crippen LogP contribution >= 0.6 is 0 Å². The van der Waals surface area contributed by atoms with Gasteiger partial charge in [-0.25, -0.2) is 0 Å². The van der Waals surface area contributed by atoms with Crippen molar-refractivity contribution in [2.24, 2.45) is 0 Å². The molecule has 1 rings (SSSR count). The molecule has 21 heavy (non-hydrogen) atoms. The molecule has 0 aromatic heterocycles. The lowest BCUT2D eigenvalue weighted by atomic mass is 10.1. The summed E-state index contributed by atoms with van der Waals surface area (Å²) in [5.41, 5.74) is 1.34. The Bertz CT molecular complexity index is 520. The van der Waals surface area contributed by atoms with E-state index in [1.807, 2.05) is 6.07 Å². The molecule has 0 saturated carbocycles. The van der Waals surface area contributed by atoms with Crippen LogP contribution in [0.2, 0.25) is 0 Å². The highest BCUT2D eigenvalue weighted by Gasteiger charge is 2.15. The Labute approximate surface area is 124 Å². The Morgan fingerprint density at radius 2 is 2.00 bits per heavy atom. The second-order valence-electron chi connectivity index (χ2n) is 4.56. The summed E-state index contributed by atoms with van der Waals surface area (Å²) in [5, 5.41) is 14.0. The average Bonchev–Trinajstić information content (AvgIpc) is 2.48. The molecule has 1 unspecified atom stereocenters. The van der Waals surface area contributed by atoms with Gasteiger partial charge in [0.15, 0.2) is 0 Å². The number of ether oxygens (including phenoxy) is 1. The van der Waals surface area contributed by atoms with Gasteiger partial charge in [0.25, 0.3) is 0 Å². The van der Waals surface area contributed by atoms with Crippen LogP contribution in [-0.4, -0.2) is 38.1 Å². The highest BCUT2D eigenvalue weighted by Crippen LogP contribution is 2.04. The van der Waals surface area contributed by atoms with Gasteiger partial charge in [-0.1, -0.05) is 12.1 Å². The van der Waals surface area contributed by atoms with E-state index in [-0.39, 0.29) is 18.2 Å². The number of nitrogens with zero attached hydrogens (tertiary/aromatic N) is 1. The molecule has 0 heterocycles. The van der Waals surface area contributed by atoms with E-state index in [2.05, 4.69) is 10.6 Å². The molecule has 2 N–H and O–H groups in total. The lowest BCUT2D eigenvalue weighted by Gasteiger charge is -2.14. The first-order valence-corrected chi connectivity index (χ1v) is 6.62. The van der Waals surface area contributed by atoms with Gasteiger partial charge in [0.2, 0.25) is 11.8 Å². The van der Waals surface area contributed by atoms with Crippen molar-refractivity contribution in [3.05, 3.63) is 35.4 Å². The number of carbonyl (C=O) groups is 2. The predicted octanol–water partition coefficient (Wildman–Crippen LogP) is 0.368. The fraction of sp³-hybridized carbons (Fsp3) is 0.400. The molecule has 6 heteroatoms. The van der Waals surface area contributed by atoms with Gasteiger partial charge in [-0.05, 0) is 24.6 Å². The van der Waals surface area contributed by atoms with Crippen LogP contribution in [-0.2, 0) is 20.7 Å². The number of amides is 2. The summed E-state index contributed by atoms with van der Waals surface area (Å²) in [6.45, 7) is 2.46. The topological polar surface area (TPSA) is 91.2 Å². The minimum atomic E-state index is -0.604. The molecular weight excluding hydrogens is 270 g/mol. The van der Waals surface area contributed by atoms with Gasteiger partial charge < -0.3 is 15.4 Å². The molecular formula is C15H19N3O3. The summed E-state index contributed by atoms with van der Waals surface area (Å²) in [6.07, 6.45) is 0.168. The molecule has 1 aromatic carbocycles. The van der Waals surface area contributed by atoms with E-state index >= 15 is 0 Å². The molecule has 0 fully saturated rings. The Kier molecular flexibility index (Phi) is 6.92. The monoisotopic (exact) mass is 289 g/mol. The zero-order valence-electron chi connectivity index (χ0n) is 12.2. The number of hydrogen-bond acceptors (Lipinski definition) is 4. The Morgan fingerprint density at radius 1 is 1.33 bits per heavy atom. The van der Waals surface area contributed by atoms with Crippen LogP contribution in [0.15, 0.2) is 24.3 Å². The van der Waals surface area contributed by atoms with Crippen LogP contribution in [0.5, 0.6) is 0 Å². The summed E-state index contributed by atoms with van der Waals surface area (Å²) in [6, 6.07) is 8.17. The van der Waals surface area contributed by atoms with Crippen molar-refractivity contribution in [2.45, 2.75) is 19.4 Å². The van der Waals surface area contributed by atoms with Crippen molar-refractivity contribution < 1.29 is 14.3 Å². The van der Waals surface area contributed by atoms with E-state index in [0.29, 0.717) is 18.7 Å². The quantitative estimate of drug-likeness (QED) is 0.709. The molecule has 2 amide bonds. The molecule has 6 nitrogen and oxygen atoms in total. The third-order valence-electron chi connectivity index (χ3n) is 2.82. The van der Waals surface area contributed by atoms with Crippen molar-refractivity contribution in [3.8, 4) is 6.07 Å². The molecule has 0 aliphatic heterocycles. The number of rotatable bonds is 7. The zero-order chi connectivity index (χ0) is 15.7. The van der Waals surface area contributed by atoms with Crippen molar-refractivity contribution in [3.63, 3.8) is 0 Å². The third-order valence-corrected chi connectivity index (χ3v) is 2.82. The van der Waals surface area contributed by atoms with Crippen LogP contribution in [0.3, 0.4) is 0 Å². The summed E-state index contributed by atoms with van der Waals surface area (Å²) in [4.78, 5) is 23.5. The summed E-state index contributed by atoms with van der Waals surface area (Å²) in [5.74, 6) is -0.491. The van der Waals surface area contributed by atoms with Crippen LogP contribution in [0.4, 0.5) is 0 Å². The number of hydrogen-bond donors (Lipinski definition) is 2. The highest BCUT2D eigenvalue weighted by atomic mass is 16.5. The van der Waals surface area contributed by atoms with E-state index in [1.165, 1.54) is 0 Å². The number of nitrogens with one attached hydrogen (secondary N) is 2. The second-order valence-corrected chi connectivity index (χ2v) is 4.56. The predicted molar refractivity (Wildman–Crippen MR) is 77.4 cm³/mol. The van der Waals surface area contributed by atoms with Gasteiger partial charge in [0.05, 0.1) is 24.7 Å². The highest BCUT2D eigenvalue weighted by molar-refractivity contribution is 5.88. The number of methoxy groups -OCH3 is 1. The van der Waals surface area contributed by atoms with Gasteiger partial charge in [0.1, 0.15) is 6.04 Å². The van der Waals surface area contributed by atoms with Crippen LogP contribution < -0.4 is 10.6 Å². The van der Waals surface area contributed by atoms with Gasteiger partial charge in [-0.15, -0.1) is 0 Å². The van der Waals surface area contributed by atoms with Crippen LogP contribution in [0.1, 0.15) is 18.1 Å². The Hall–Kier alpha value is -2.39. The molecule has 0 saturated heterocycles. The minimum absolute atomic E-state index is 0.168. The third kappa shape index (κ3) is 6.06. The van der Waals surface area contributed by atoms with Gasteiger partial charge in [-0.3, -0.25) is 9.59 Å². The van der Waals surface area contributed by atoms with Crippen molar-refractivity contribution in [1.29, 1.82) is 5.26 Å². The lowest BCUT2D eigenvalue weighted by molar-refractivity contribution is -0.128. The van der Waals surface area contributed by atoms with Crippen molar-refractivity contribution >= 4 is 11.8 Å². The summed E-state index contributed by atoms with van der Waals surface area (Å²) in [7, 11) is 1.55. The molecule has 0 aliphatic carbocycles. The molecule has 1 atom stereocenters. The van der Waals surface area contributed by atoms with E-state index in [9.17, 15) is 9.59 Å². The maximum absolute atomic E-state index is 11.8. The van der Waals surface area contributed by atoms with Gasteiger partial charge in [0, 0.05) is 13.7 Å². The smallest absolute Gasteiger partial charge is 0.242 e. The van der Waals surface area contributed by atoms with Gasteiger partial charge >= 0.3 is 0 Å². The minimum Gasteiger partial charge on any atom is -0.383 e. The fourth-order valence-corrected chi connectivity index (χ4v) is 1.67. The number of nitriles is 1.